The zero-order valence-corrected chi connectivity index (χ0v) is 12.7. The second-order valence-corrected chi connectivity index (χ2v) is 7.87. The third-order valence-electron chi connectivity index (χ3n) is 4.12. The number of hydrogen-bond donors (Lipinski definition) is 1. The number of amides is 1. The predicted molar refractivity (Wildman–Crippen MR) is 81.8 cm³/mol. The van der Waals surface area contributed by atoms with Gasteiger partial charge in [-0.2, -0.15) is 0 Å². The summed E-state index contributed by atoms with van der Waals surface area (Å²) in [7, 11) is -1.27. The average Bonchev–Trinajstić information content (AvgIpc) is 3.03. The van der Waals surface area contributed by atoms with Crippen molar-refractivity contribution in [2.45, 2.75) is 18.9 Å². The standard InChI is InChI=1S/C15H18N2O3S/c1-17(13-5-7-21(19,20)10-13)15(18)9-11-2-3-12-4-6-16-14(12)8-11/h2-4,6,8,13,16H,5,7,9-10H2,1H3. The van der Waals surface area contributed by atoms with Gasteiger partial charge >= 0.3 is 0 Å². The maximum Gasteiger partial charge on any atom is 0.227 e. The molecule has 0 aliphatic carbocycles. The zero-order valence-electron chi connectivity index (χ0n) is 11.9. The van der Waals surface area contributed by atoms with E-state index in [9.17, 15) is 13.2 Å². The molecule has 1 aliphatic heterocycles. The summed E-state index contributed by atoms with van der Waals surface area (Å²) in [5, 5.41) is 1.11. The second-order valence-electron chi connectivity index (χ2n) is 5.64. The van der Waals surface area contributed by atoms with Crippen LogP contribution in [0.3, 0.4) is 0 Å². The quantitative estimate of drug-likeness (QED) is 0.930. The van der Waals surface area contributed by atoms with Crippen molar-refractivity contribution < 1.29 is 13.2 Å². The zero-order chi connectivity index (χ0) is 15.0. The van der Waals surface area contributed by atoms with Crippen LogP contribution in [-0.4, -0.2) is 48.8 Å². The Bertz CT molecular complexity index is 779. The summed E-state index contributed by atoms with van der Waals surface area (Å²) in [4.78, 5) is 17.0. The molecule has 1 aliphatic rings. The highest BCUT2D eigenvalue weighted by molar-refractivity contribution is 7.91. The third-order valence-corrected chi connectivity index (χ3v) is 5.87. The molecule has 6 heteroatoms. The monoisotopic (exact) mass is 306 g/mol. The summed E-state index contributed by atoms with van der Waals surface area (Å²) in [5.74, 6) is 0.234. The minimum absolute atomic E-state index is 0.0389. The fourth-order valence-electron chi connectivity index (χ4n) is 2.79. The van der Waals surface area contributed by atoms with Crippen molar-refractivity contribution in [2.75, 3.05) is 18.6 Å². The van der Waals surface area contributed by atoms with Gasteiger partial charge in [-0.1, -0.05) is 12.1 Å². The Morgan fingerprint density at radius 3 is 2.90 bits per heavy atom. The van der Waals surface area contributed by atoms with E-state index in [4.69, 9.17) is 0 Å². The van der Waals surface area contributed by atoms with Crippen molar-refractivity contribution >= 4 is 26.6 Å². The van der Waals surface area contributed by atoms with Crippen molar-refractivity contribution in [3.63, 3.8) is 0 Å². The number of nitrogens with one attached hydrogen (secondary N) is 1. The lowest BCUT2D eigenvalue weighted by atomic mass is 10.1. The minimum atomic E-state index is -2.97. The summed E-state index contributed by atoms with van der Waals surface area (Å²) in [5.41, 5.74) is 1.94. The molecule has 3 rings (SSSR count). The van der Waals surface area contributed by atoms with Crippen molar-refractivity contribution in [3.8, 4) is 0 Å². The largest absolute Gasteiger partial charge is 0.361 e. The number of H-pyrrole nitrogens is 1. The van der Waals surface area contributed by atoms with Gasteiger partial charge in [0, 0.05) is 24.8 Å². The van der Waals surface area contributed by atoms with Gasteiger partial charge in [-0.3, -0.25) is 4.79 Å². The summed E-state index contributed by atoms with van der Waals surface area (Å²) < 4.78 is 23.0. The van der Waals surface area contributed by atoms with E-state index in [0.717, 1.165) is 16.5 Å². The molecule has 21 heavy (non-hydrogen) atoms. The van der Waals surface area contributed by atoms with Crippen molar-refractivity contribution in [1.29, 1.82) is 0 Å². The first-order valence-corrected chi connectivity index (χ1v) is 8.79. The van der Waals surface area contributed by atoms with Crippen LogP contribution in [0.4, 0.5) is 0 Å². The topological polar surface area (TPSA) is 70.2 Å². The third kappa shape index (κ3) is 2.95. The number of carbonyl (C=O) groups excluding carboxylic acids is 1. The highest BCUT2D eigenvalue weighted by Crippen LogP contribution is 2.19. The van der Waals surface area contributed by atoms with E-state index in [1.807, 2.05) is 30.5 Å². The summed E-state index contributed by atoms with van der Waals surface area (Å²) in [6, 6.07) is 7.68. The maximum absolute atomic E-state index is 12.3. The lowest BCUT2D eigenvalue weighted by Gasteiger charge is -2.23. The van der Waals surface area contributed by atoms with E-state index in [1.54, 1.807) is 11.9 Å². The van der Waals surface area contributed by atoms with Crippen molar-refractivity contribution in [2.24, 2.45) is 0 Å². The number of aromatic amines is 1. The summed E-state index contributed by atoms with van der Waals surface area (Å²) in [6.45, 7) is 0. The fraction of sp³-hybridized carbons (Fsp3) is 0.400. The number of nitrogens with zero attached hydrogens (tertiary/aromatic N) is 1. The van der Waals surface area contributed by atoms with Crippen LogP contribution in [0, 0.1) is 0 Å². The van der Waals surface area contributed by atoms with Crippen LogP contribution in [0.1, 0.15) is 12.0 Å². The average molecular weight is 306 g/mol. The molecule has 1 fully saturated rings. The first-order valence-electron chi connectivity index (χ1n) is 6.97. The molecule has 0 spiro atoms. The van der Waals surface area contributed by atoms with E-state index < -0.39 is 9.84 Å². The van der Waals surface area contributed by atoms with Crippen LogP contribution in [0.5, 0.6) is 0 Å². The molecule has 112 valence electrons. The highest BCUT2D eigenvalue weighted by Gasteiger charge is 2.32. The Morgan fingerprint density at radius 1 is 1.38 bits per heavy atom. The molecule has 2 heterocycles. The van der Waals surface area contributed by atoms with Crippen LogP contribution in [0.25, 0.3) is 10.9 Å². The Labute approximate surface area is 123 Å². The fourth-order valence-corrected chi connectivity index (χ4v) is 4.56. The molecule has 0 radical (unpaired) electrons. The van der Waals surface area contributed by atoms with Gasteiger partial charge in [0.2, 0.25) is 5.91 Å². The molecule has 1 aromatic carbocycles. The Hall–Kier alpha value is -1.82. The summed E-state index contributed by atoms with van der Waals surface area (Å²) in [6.07, 6.45) is 2.70. The highest BCUT2D eigenvalue weighted by atomic mass is 32.2. The van der Waals surface area contributed by atoms with Gasteiger partial charge in [-0.05, 0) is 29.5 Å². The molecular weight excluding hydrogens is 288 g/mol. The SMILES string of the molecule is CN(C(=O)Cc1ccc2cc[nH]c2c1)C1CCS(=O)(=O)C1. The molecule has 1 aromatic heterocycles. The van der Waals surface area contributed by atoms with Gasteiger partial charge in [0.1, 0.15) is 0 Å². The molecule has 1 amide bonds. The number of hydrogen-bond acceptors (Lipinski definition) is 3. The number of rotatable bonds is 3. The molecule has 1 unspecified atom stereocenters. The van der Waals surface area contributed by atoms with Gasteiger partial charge in [0.25, 0.3) is 0 Å². The number of likely N-dealkylation sites (N-methyl/N-ethyl adjacent to an activating group) is 1. The molecule has 1 atom stereocenters. The van der Waals surface area contributed by atoms with Crippen LogP contribution in [-0.2, 0) is 21.1 Å². The smallest absolute Gasteiger partial charge is 0.227 e. The molecule has 1 N–H and O–H groups in total. The van der Waals surface area contributed by atoms with Crippen LogP contribution < -0.4 is 0 Å². The Kier molecular flexibility index (Phi) is 3.49. The van der Waals surface area contributed by atoms with E-state index in [0.29, 0.717) is 12.8 Å². The van der Waals surface area contributed by atoms with Crippen LogP contribution >= 0.6 is 0 Å². The van der Waals surface area contributed by atoms with E-state index in [-0.39, 0.29) is 23.5 Å². The van der Waals surface area contributed by atoms with Gasteiger partial charge in [0.05, 0.1) is 17.9 Å². The van der Waals surface area contributed by atoms with E-state index >= 15 is 0 Å². The Morgan fingerprint density at radius 2 is 2.19 bits per heavy atom. The first-order chi connectivity index (χ1) is 9.94. The van der Waals surface area contributed by atoms with Crippen LogP contribution in [0.2, 0.25) is 0 Å². The first kappa shape index (κ1) is 14.1. The molecule has 2 aromatic rings. The van der Waals surface area contributed by atoms with Crippen molar-refractivity contribution in [1.82, 2.24) is 9.88 Å². The summed E-state index contributed by atoms with van der Waals surface area (Å²) >= 11 is 0. The predicted octanol–water partition coefficient (Wildman–Crippen LogP) is 1.36. The molecule has 0 bridgehead atoms. The normalized spacial score (nSPS) is 20.7. The van der Waals surface area contributed by atoms with E-state index in [1.165, 1.54) is 0 Å². The van der Waals surface area contributed by atoms with E-state index in [2.05, 4.69) is 4.98 Å². The number of benzene rings is 1. The number of carbonyl (C=O) groups is 1. The number of fused-ring (bicyclic) bond motifs is 1. The minimum Gasteiger partial charge on any atom is -0.361 e. The molecule has 1 saturated heterocycles. The second kappa shape index (κ2) is 5.18. The molecule has 0 saturated carbocycles. The number of aromatic nitrogens is 1. The van der Waals surface area contributed by atoms with Crippen LogP contribution in [0.15, 0.2) is 30.5 Å². The maximum atomic E-state index is 12.3. The molecular formula is C15H18N2O3S. The van der Waals surface area contributed by atoms with Gasteiger partial charge in [-0.25, -0.2) is 8.42 Å². The van der Waals surface area contributed by atoms with Gasteiger partial charge in [-0.15, -0.1) is 0 Å². The lowest BCUT2D eigenvalue weighted by molar-refractivity contribution is -0.130. The van der Waals surface area contributed by atoms with Crippen molar-refractivity contribution in [3.05, 3.63) is 36.0 Å². The van der Waals surface area contributed by atoms with Gasteiger partial charge in [0.15, 0.2) is 9.84 Å². The molecule has 5 nitrogen and oxygen atoms in total. The Balaban J connectivity index is 1.70. The van der Waals surface area contributed by atoms with Gasteiger partial charge < -0.3 is 9.88 Å². The number of sulfone groups is 1. The lowest BCUT2D eigenvalue weighted by Crippen LogP contribution is -2.38.